The van der Waals surface area contributed by atoms with Crippen molar-refractivity contribution in [1.29, 1.82) is 0 Å². The maximum absolute atomic E-state index is 12.1. The van der Waals surface area contributed by atoms with Crippen molar-refractivity contribution in [2.45, 2.75) is 18.4 Å². The molecular weight excluding hydrogens is 250 g/mol. The number of nitrogens with zero attached hydrogens (tertiary/aromatic N) is 2. The van der Waals surface area contributed by atoms with Crippen LogP contribution in [0.25, 0.3) is 0 Å². The van der Waals surface area contributed by atoms with E-state index >= 15 is 0 Å². The number of rotatable bonds is 3. The molecular formula is C11H17N5OS. The van der Waals surface area contributed by atoms with Gasteiger partial charge >= 0.3 is 0 Å². The maximum Gasteiger partial charge on any atom is 0.255 e. The molecule has 0 radical (unpaired) electrons. The lowest BCUT2D eigenvalue weighted by Gasteiger charge is -2.40. The number of likely N-dealkylation sites (tertiary alicyclic amines) is 1. The Labute approximate surface area is 111 Å². The van der Waals surface area contributed by atoms with Gasteiger partial charge in [-0.1, -0.05) is 12.2 Å². The van der Waals surface area contributed by atoms with Crippen molar-refractivity contribution in [2.24, 2.45) is 5.73 Å². The molecule has 1 aromatic heterocycles. The average molecular weight is 267 g/mol. The summed E-state index contributed by atoms with van der Waals surface area (Å²) < 4.78 is 0. The van der Waals surface area contributed by atoms with Crippen molar-refractivity contribution >= 4 is 23.1 Å². The van der Waals surface area contributed by atoms with Crippen LogP contribution in [0.2, 0.25) is 0 Å². The van der Waals surface area contributed by atoms with Crippen molar-refractivity contribution in [1.82, 2.24) is 20.4 Å². The fourth-order valence-electron chi connectivity index (χ4n) is 2.10. The SMILES string of the molecule is CN1CCC(NC(=O)c2cn[nH]c2)(C(N)=S)CC1. The van der Waals surface area contributed by atoms with Crippen LogP contribution in [0, 0.1) is 0 Å². The second-order valence-electron chi connectivity index (χ2n) is 4.69. The first-order valence-electron chi connectivity index (χ1n) is 5.83. The van der Waals surface area contributed by atoms with Gasteiger partial charge in [0.1, 0.15) is 0 Å². The number of piperidine rings is 1. The summed E-state index contributed by atoms with van der Waals surface area (Å²) in [5, 5.41) is 9.33. The highest BCUT2D eigenvalue weighted by molar-refractivity contribution is 7.80. The molecule has 0 aliphatic carbocycles. The molecule has 1 aliphatic rings. The molecule has 1 amide bonds. The lowest BCUT2D eigenvalue weighted by molar-refractivity contribution is 0.0890. The van der Waals surface area contributed by atoms with E-state index < -0.39 is 5.54 Å². The minimum atomic E-state index is -0.573. The highest BCUT2D eigenvalue weighted by Gasteiger charge is 2.38. The van der Waals surface area contributed by atoms with Gasteiger partial charge in [0, 0.05) is 19.3 Å². The van der Waals surface area contributed by atoms with Crippen LogP contribution >= 0.6 is 12.2 Å². The first-order chi connectivity index (χ1) is 8.53. The van der Waals surface area contributed by atoms with E-state index in [2.05, 4.69) is 20.4 Å². The van der Waals surface area contributed by atoms with Crippen LogP contribution in [0.1, 0.15) is 23.2 Å². The summed E-state index contributed by atoms with van der Waals surface area (Å²) >= 11 is 5.14. The van der Waals surface area contributed by atoms with Gasteiger partial charge in [0.25, 0.3) is 5.91 Å². The summed E-state index contributed by atoms with van der Waals surface area (Å²) in [7, 11) is 2.04. The fourth-order valence-corrected chi connectivity index (χ4v) is 2.35. The zero-order valence-corrected chi connectivity index (χ0v) is 11.1. The lowest BCUT2D eigenvalue weighted by atomic mass is 9.87. The Hall–Kier alpha value is -1.47. The van der Waals surface area contributed by atoms with Crippen LogP contribution in [-0.4, -0.2) is 51.7 Å². The zero-order valence-electron chi connectivity index (χ0n) is 10.3. The summed E-state index contributed by atoms with van der Waals surface area (Å²) in [4.78, 5) is 14.6. The first-order valence-corrected chi connectivity index (χ1v) is 6.24. The molecule has 0 unspecified atom stereocenters. The largest absolute Gasteiger partial charge is 0.391 e. The molecule has 0 atom stereocenters. The van der Waals surface area contributed by atoms with E-state index in [1.54, 1.807) is 6.20 Å². The Morgan fingerprint density at radius 1 is 1.61 bits per heavy atom. The van der Waals surface area contributed by atoms with Gasteiger partial charge in [-0.05, 0) is 19.9 Å². The van der Waals surface area contributed by atoms with Crippen molar-refractivity contribution < 1.29 is 4.79 Å². The fraction of sp³-hybridized carbons (Fsp3) is 0.545. The lowest BCUT2D eigenvalue weighted by Crippen LogP contribution is -2.61. The number of nitrogens with one attached hydrogen (secondary N) is 2. The summed E-state index contributed by atoms with van der Waals surface area (Å²) in [6.07, 6.45) is 4.51. The Morgan fingerprint density at radius 2 is 2.28 bits per heavy atom. The molecule has 2 rings (SSSR count). The molecule has 0 spiro atoms. The first kappa shape index (κ1) is 13.0. The summed E-state index contributed by atoms with van der Waals surface area (Å²) in [5.74, 6) is -0.193. The second kappa shape index (κ2) is 5.03. The third kappa shape index (κ3) is 2.51. The van der Waals surface area contributed by atoms with Gasteiger partial charge < -0.3 is 16.0 Å². The highest BCUT2D eigenvalue weighted by Crippen LogP contribution is 2.22. The molecule has 7 heteroatoms. The van der Waals surface area contributed by atoms with E-state index in [1.807, 2.05) is 7.05 Å². The van der Waals surface area contributed by atoms with Crippen molar-refractivity contribution in [3.05, 3.63) is 18.0 Å². The van der Waals surface area contributed by atoms with E-state index in [0.717, 1.165) is 25.9 Å². The number of thiocarbonyl (C=S) groups is 1. The molecule has 6 nitrogen and oxygen atoms in total. The van der Waals surface area contributed by atoms with Crippen molar-refractivity contribution in [3.8, 4) is 0 Å². The molecule has 18 heavy (non-hydrogen) atoms. The summed E-state index contributed by atoms with van der Waals surface area (Å²) in [6.45, 7) is 1.73. The van der Waals surface area contributed by atoms with Crippen LogP contribution in [0.4, 0.5) is 0 Å². The quantitative estimate of drug-likeness (QED) is 0.665. The number of carbonyl (C=O) groups excluding carboxylic acids is 1. The Balaban J connectivity index is 2.12. The summed E-state index contributed by atoms with van der Waals surface area (Å²) in [5.41, 5.74) is 5.74. The monoisotopic (exact) mass is 267 g/mol. The summed E-state index contributed by atoms with van der Waals surface area (Å²) in [6, 6.07) is 0. The molecule has 4 N–H and O–H groups in total. The standard InChI is InChI=1S/C11H17N5OS/c1-16-4-2-11(3-5-16,10(12)18)15-9(17)8-6-13-14-7-8/h6-7H,2-5H2,1H3,(H2,12,18)(H,13,14)(H,15,17). The molecule has 0 aromatic carbocycles. The average Bonchev–Trinajstić information content (AvgIpc) is 2.85. The van der Waals surface area contributed by atoms with E-state index in [1.165, 1.54) is 6.20 Å². The number of carbonyl (C=O) groups is 1. The minimum absolute atomic E-state index is 0.193. The maximum atomic E-state index is 12.1. The Kier molecular flexibility index (Phi) is 3.63. The van der Waals surface area contributed by atoms with Gasteiger partial charge in [-0.2, -0.15) is 5.10 Å². The normalized spacial score (nSPS) is 19.4. The van der Waals surface area contributed by atoms with E-state index in [4.69, 9.17) is 18.0 Å². The Morgan fingerprint density at radius 3 is 2.78 bits per heavy atom. The van der Waals surface area contributed by atoms with Crippen LogP contribution < -0.4 is 11.1 Å². The van der Waals surface area contributed by atoms with Gasteiger partial charge in [0.2, 0.25) is 0 Å². The number of hydrogen-bond acceptors (Lipinski definition) is 4. The third-order valence-corrected chi connectivity index (χ3v) is 3.82. The highest BCUT2D eigenvalue weighted by atomic mass is 32.1. The molecule has 1 aromatic rings. The molecule has 0 bridgehead atoms. The van der Waals surface area contributed by atoms with Crippen LogP contribution in [0.15, 0.2) is 12.4 Å². The van der Waals surface area contributed by atoms with E-state index in [-0.39, 0.29) is 5.91 Å². The van der Waals surface area contributed by atoms with E-state index in [0.29, 0.717) is 10.6 Å². The molecule has 2 heterocycles. The topological polar surface area (TPSA) is 87.0 Å². The second-order valence-corrected chi connectivity index (χ2v) is 5.13. The zero-order chi connectivity index (χ0) is 13.2. The van der Waals surface area contributed by atoms with Gasteiger partial charge in [0.05, 0.1) is 22.3 Å². The number of H-pyrrole nitrogens is 1. The minimum Gasteiger partial charge on any atom is -0.391 e. The predicted molar refractivity (Wildman–Crippen MR) is 72.3 cm³/mol. The number of hydrogen-bond donors (Lipinski definition) is 3. The molecule has 0 saturated carbocycles. The van der Waals surface area contributed by atoms with Crippen LogP contribution in [0.3, 0.4) is 0 Å². The number of nitrogens with two attached hydrogens (primary N) is 1. The van der Waals surface area contributed by atoms with Crippen molar-refractivity contribution in [3.63, 3.8) is 0 Å². The molecule has 1 aliphatic heterocycles. The third-order valence-electron chi connectivity index (χ3n) is 3.43. The van der Waals surface area contributed by atoms with Crippen molar-refractivity contribution in [2.75, 3.05) is 20.1 Å². The molecule has 98 valence electrons. The van der Waals surface area contributed by atoms with Crippen LogP contribution in [-0.2, 0) is 0 Å². The number of aromatic amines is 1. The van der Waals surface area contributed by atoms with Gasteiger partial charge in [-0.3, -0.25) is 9.89 Å². The van der Waals surface area contributed by atoms with Gasteiger partial charge in [-0.25, -0.2) is 0 Å². The smallest absolute Gasteiger partial charge is 0.255 e. The number of amides is 1. The Bertz CT molecular complexity index is 436. The predicted octanol–water partition coefficient (Wildman–Crippen LogP) is -0.110. The number of aromatic nitrogens is 2. The van der Waals surface area contributed by atoms with E-state index in [9.17, 15) is 4.79 Å². The van der Waals surface area contributed by atoms with Gasteiger partial charge in [-0.15, -0.1) is 0 Å². The van der Waals surface area contributed by atoms with Crippen LogP contribution in [0.5, 0.6) is 0 Å². The molecule has 1 saturated heterocycles. The van der Waals surface area contributed by atoms with Gasteiger partial charge in [0.15, 0.2) is 0 Å². The molecule has 1 fully saturated rings.